The average Bonchev–Trinajstić information content (AvgIpc) is 2.35. The van der Waals surface area contributed by atoms with Crippen molar-refractivity contribution >= 4 is 15.9 Å². The molecule has 9 heteroatoms. The molecule has 1 aromatic carbocycles. The summed E-state index contributed by atoms with van der Waals surface area (Å²) in [6.07, 6.45) is -5.20. The van der Waals surface area contributed by atoms with Gasteiger partial charge in [0.25, 0.3) is 15.9 Å². The SMILES string of the molecule is O=C1NS(=O)(=O)c2c1ccc(F)c2C(F)(F)F. The zero-order chi connectivity index (χ0) is 13.0. The summed E-state index contributed by atoms with van der Waals surface area (Å²) < 4.78 is 74.6. The maximum absolute atomic E-state index is 13.1. The van der Waals surface area contributed by atoms with Gasteiger partial charge in [0, 0.05) is 0 Å². The lowest BCUT2D eigenvalue weighted by molar-refractivity contribution is -0.142. The number of hydrogen-bond acceptors (Lipinski definition) is 3. The molecule has 0 atom stereocenters. The Hall–Kier alpha value is -1.64. The molecule has 1 N–H and O–H groups in total. The highest BCUT2D eigenvalue weighted by Gasteiger charge is 2.46. The number of hydrogen-bond donors (Lipinski definition) is 1. The molecule has 0 saturated heterocycles. The van der Waals surface area contributed by atoms with Crippen LogP contribution in [0.2, 0.25) is 0 Å². The van der Waals surface area contributed by atoms with E-state index in [1.165, 1.54) is 4.72 Å². The van der Waals surface area contributed by atoms with Crippen LogP contribution in [0.5, 0.6) is 0 Å². The van der Waals surface area contributed by atoms with Gasteiger partial charge in [-0.05, 0) is 12.1 Å². The lowest BCUT2D eigenvalue weighted by Crippen LogP contribution is -2.22. The Labute approximate surface area is 92.3 Å². The smallest absolute Gasteiger partial charge is 0.268 e. The topological polar surface area (TPSA) is 63.2 Å². The normalized spacial score (nSPS) is 17.8. The zero-order valence-electron chi connectivity index (χ0n) is 7.80. The van der Waals surface area contributed by atoms with Crippen LogP contribution in [0.3, 0.4) is 0 Å². The Morgan fingerprint density at radius 1 is 1.18 bits per heavy atom. The molecule has 0 unspecified atom stereocenters. The van der Waals surface area contributed by atoms with E-state index in [4.69, 9.17) is 0 Å². The van der Waals surface area contributed by atoms with E-state index in [0.29, 0.717) is 12.1 Å². The van der Waals surface area contributed by atoms with Crippen molar-refractivity contribution in [2.24, 2.45) is 0 Å². The van der Waals surface area contributed by atoms with E-state index in [1.54, 1.807) is 0 Å². The molecular formula is C8H3F4NO3S. The monoisotopic (exact) mass is 269 g/mol. The lowest BCUT2D eigenvalue weighted by Gasteiger charge is -2.10. The molecular weight excluding hydrogens is 266 g/mol. The van der Waals surface area contributed by atoms with Gasteiger partial charge in [0.15, 0.2) is 0 Å². The Balaban J connectivity index is 2.93. The van der Waals surface area contributed by atoms with Crippen LogP contribution in [-0.2, 0) is 16.2 Å². The molecule has 1 aliphatic heterocycles. The first kappa shape index (κ1) is 11.8. The molecule has 4 nitrogen and oxygen atoms in total. The predicted octanol–water partition coefficient (Wildman–Crippen LogP) is 1.28. The van der Waals surface area contributed by atoms with Gasteiger partial charge in [0.1, 0.15) is 16.3 Å². The van der Waals surface area contributed by atoms with E-state index in [9.17, 15) is 30.8 Å². The fraction of sp³-hybridized carbons (Fsp3) is 0.125. The zero-order valence-corrected chi connectivity index (χ0v) is 8.62. The molecule has 2 rings (SSSR count). The summed E-state index contributed by atoms with van der Waals surface area (Å²) >= 11 is 0. The lowest BCUT2D eigenvalue weighted by atomic mass is 10.1. The summed E-state index contributed by atoms with van der Waals surface area (Å²) in [5.41, 5.74) is -2.66. The average molecular weight is 269 g/mol. The number of carbonyl (C=O) groups is 1. The van der Waals surface area contributed by atoms with Crippen LogP contribution in [0.4, 0.5) is 17.6 Å². The summed E-state index contributed by atoms with van der Waals surface area (Å²) in [7, 11) is -4.65. The van der Waals surface area contributed by atoms with Crippen molar-refractivity contribution in [1.29, 1.82) is 0 Å². The van der Waals surface area contributed by atoms with Crippen LogP contribution in [0.25, 0.3) is 0 Å². The van der Waals surface area contributed by atoms with Gasteiger partial charge >= 0.3 is 6.18 Å². The van der Waals surface area contributed by atoms with E-state index in [1.807, 2.05) is 0 Å². The third-order valence-corrected chi connectivity index (χ3v) is 3.55. The van der Waals surface area contributed by atoms with E-state index >= 15 is 0 Å². The fourth-order valence-electron chi connectivity index (χ4n) is 1.51. The molecule has 92 valence electrons. The summed E-state index contributed by atoms with van der Waals surface area (Å²) in [4.78, 5) is 9.74. The number of halogens is 4. The number of benzene rings is 1. The van der Waals surface area contributed by atoms with Gasteiger partial charge in [-0.25, -0.2) is 17.5 Å². The largest absolute Gasteiger partial charge is 0.420 e. The van der Waals surface area contributed by atoms with Crippen molar-refractivity contribution in [2.45, 2.75) is 11.1 Å². The first-order valence-electron chi connectivity index (χ1n) is 4.11. The van der Waals surface area contributed by atoms with Gasteiger partial charge in [-0.1, -0.05) is 0 Å². The highest BCUT2D eigenvalue weighted by Crippen LogP contribution is 2.39. The maximum atomic E-state index is 13.1. The van der Waals surface area contributed by atoms with E-state index < -0.39 is 43.9 Å². The second kappa shape index (κ2) is 3.19. The van der Waals surface area contributed by atoms with Crippen LogP contribution >= 0.6 is 0 Å². The molecule has 1 amide bonds. The standard InChI is InChI=1S/C8H3F4NO3S/c9-4-2-1-3-6(5(4)8(10,11)12)17(15,16)13-7(3)14/h1-2H,(H,13,14). The molecule has 0 spiro atoms. The van der Waals surface area contributed by atoms with Crippen molar-refractivity contribution < 1.29 is 30.8 Å². The molecule has 0 aromatic heterocycles. The quantitative estimate of drug-likeness (QED) is 0.721. The number of rotatable bonds is 0. The Morgan fingerprint density at radius 3 is 2.29 bits per heavy atom. The molecule has 0 fully saturated rings. The van der Waals surface area contributed by atoms with Gasteiger partial charge in [-0.3, -0.25) is 4.79 Å². The van der Waals surface area contributed by atoms with Crippen LogP contribution < -0.4 is 4.72 Å². The number of fused-ring (bicyclic) bond motifs is 1. The minimum absolute atomic E-state index is 0.405. The fourth-order valence-corrected chi connectivity index (χ4v) is 2.90. The Kier molecular flexibility index (Phi) is 2.22. The third kappa shape index (κ3) is 1.66. The summed E-state index contributed by atoms with van der Waals surface area (Å²) in [5, 5.41) is 0. The minimum Gasteiger partial charge on any atom is -0.268 e. The maximum Gasteiger partial charge on any atom is 0.420 e. The highest BCUT2D eigenvalue weighted by atomic mass is 32.2. The van der Waals surface area contributed by atoms with Crippen LogP contribution in [-0.4, -0.2) is 14.3 Å². The van der Waals surface area contributed by atoms with Gasteiger partial charge in [0.2, 0.25) is 0 Å². The van der Waals surface area contributed by atoms with E-state index in [2.05, 4.69) is 0 Å². The minimum atomic E-state index is -5.20. The highest BCUT2D eigenvalue weighted by molar-refractivity contribution is 7.90. The summed E-state index contributed by atoms with van der Waals surface area (Å²) in [6, 6.07) is 1.10. The molecule has 0 saturated carbocycles. The summed E-state index contributed by atoms with van der Waals surface area (Å²) in [6.45, 7) is 0. The molecule has 1 heterocycles. The van der Waals surface area contributed by atoms with E-state index in [0.717, 1.165) is 0 Å². The first-order chi connectivity index (χ1) is 7.64. The number of carbonyl (C=O) groups excluding carboxylic acids is 1. The number of nitrogens with one attached hydrogen (secondary N) is 1. The Morgan fingerprint density at radius 2 is 1.76 bits per heavy atom. The van der Waals surface area contributed by atoms with Crippen molar-refractivity contribution in [3.05, 3.63) is 29.1 Å². The molecule has 0 aliphatic carbocycles. The third-order valence-electron chi connectivity index (χ3n) is 2.13. The number of sulfonamides is 1. The van der Waals surface area contributed by atoms with Crippen molar-refractivity contribution in [3.8, 4) is 0 Å². The van der Waals surface area contributed by atoms with Crippen molar-refractivity contribution in [2.75, 3.05) is 0 Å². The first-order valence-corrected chi connectivity index (χ1v) is 5.60. The van der Waals surface area contributed by atoms with Gasteiger partial charge < -0.3 is 0 Å². The number of amides is 1. The van der Waals surface area contributed by atoms with Gasteiger partial charge in [-0.2, -0.15) is 13.2 Å². The number of alkyl halides is 3. The molecule has 0 radical (unpaired) electrons. The van der Waals surface area contributed by atoms with Crippen LogP contribution in [0.1, 0.15) is 15.9 Å². The summed E-state index contributed by atoms with van der Waals surface area (Å²) in [5.74, 6) is -2.94. The van der Waals surface area contributed by atoms with Crippen LogP contribution in [0, 0.1) is 5.82 Å². The molecule has 0 bridgehead atoms. The van der Waals surface area contributed by atoms with Crippen LogP contribution in [0.15, 0.2) is 17.0 Å². The Bertz CT molecular complexity index is 620. The molecule has 1 aliphatic rings. The van der Waals surface area contributed by atoms with Crippen molar-refractivity contribution in [3.63, 3.8) is 0 Å². The molecule has 17 heavy (non-hydrogen) atoms. The van der Waals surface area contributed by atoms with Gasteiger partial charge in [0.05, 0.1) is 5.56 Å². The van der Waals surface area contributed by atoms with Gasteiger partial charge in [-0.15, -0.1) is 0 Å². The second-order valence-corrected chi connectivity index (χ2v) is 4.85. The second-order valence-electron chi connectivity index (χ2n) is 3.23. The molecule has 1 aromatic rings. The van der Waals surface area contributed by atoms with E-state index in [-0.39, 0.29) is 0 Å². The van der Waals surface area contributed by atoms with Crippen molar-refractivity contribution in [1.82, 2.24) is 4.72 Å². The predicted molar refractivity (Wildman–Crippen MR) is 46.1 cm³/mol.